The predicted molar refractivity (Wildman–Crippen MR) is 82.8 cm³/mol. The lowest BCUT2D eigenvalue weighted by atomic mass is 9.99. The van der Waals surface area contributed by atoms with Crippen LogP contribution in [0.25, 0.3) is 0 Å². The van der Waals surface area contributed by atoms with E-state index in [-0.39, 0.29) is 12.4 Å². The van der Waals surface area contributed by atoms with Crippen molar-refractivity contribution in [1.82, 2.24) is 0 Å². The average molecular weight is 301 g/mol. The van der Waals surface area contributed by atoms with Gasteiger partial charge in [0.15, 0.2) is 6.61 Å². The van der Waals surface area contributed by atoms with Crippen molar-refractivity contribution >= 4 is 17.6 Å². The second-order valence-electron chi connectivity index (χ2n) is 5.03. The molecule has 1 unspecified atom stereocenters. The lowest BCUT2D eigenvalue weighted by molar-refractivity contribution is -0.119. The number of furan rings is 1. The summed E-state index contributed by atoms with van der Waals surface area (Å²) in [7, 11) is 0. The van der Waals surface area contributed by atoms with Gasteiger partial charge in [-0.3, -0.25) is 4.79 Å². The van der Waals surface area contributed by atoms with Crippen molar-refractivity contribution in [3.63, 3.8) is 0 Å². The smallest absolute Gasteiger partial charge is 0.374 e. The standard InChI is InChI=1S/C17H19NO4/c1-3-12(2)13-6-8-14(9-7-13)18-16(19)11-22-17(20)15-5-4-10-21-15/h4-10,12H,3,11H2,1-2H3,(H,18,19). The molecule has 0 saturated heterocycles. The van der Waals surface area contributed by atoms with Crippen LogP contribution >= 0.6 is 0 Å². The molecule has 1 aromatic heterocycles. The zero-order valence-corrected chi connectivity index (χ0v) is 12.7. The maximum Gasteiger partial charge on any atom is 0.374 e. The number of nitrogens with one attached hydrogen (secondary N) is 1. The van der Waals surface area contributed by atoms with Gasteiger partial charge in [-0.2, -0.15) is 0 Å². The van der Waals surface area contributed by atoms with Crippen LogP contribution in [0.3, 0.4) is 0 Å². The Kier molecular flexibility index (Phi) is 5.36. The first-order chi connectivity index (χ1) is 10.6. The molecule has 0 bridgehead atoms. The summed E-state index contributed by atoms with van der Waals surface area (Å²) in [6.07, 6.45) is 2.43. The highest BCUT2D eigenvalue weighted by Gasteiger charge is 2.12. The van der Waals surface area contributed by atoms with Gasteiger partial charge in [-0.1, -0.05) is 26.0 Å². The number of carbonyl (C=O) groups is 2. The fourth-order valence-corrected chi connectivity index (χ4v) is 1.92. The van der Waals surface area contributed by atoms with E-state index >= 15 is 0 Å². The Labute approximate surface area is 129 Å². The molecule has 0 fully saturated rings. The summed E-state index contributed by atoms with van der Waals surface area (Å²) in [5.74, 6) is -0.492. The first-order valence-corrected chi connectivity index (χ1v) is 7.20. The first kappa shape index (κ1) is 15.8. The van der Waals surface area contributed by atoms with Gasteiger partial charge in [0.1, 0.15) is 0 Å². The Balaban J connectivity index is 1.83. The summed E-state index contributed by atoms with van der Waals surface area (Å²) < 4.78 is 9.74. The number of carbonyl (C=O) groups excluding carboxylic acids is 2. The molecule has 22 heavy (non-hydrogen) atoms. The van der Waals surface area contributed by atoms with E-state index in [2.05, 4.69) is 19.2 Å². The van der Waals surface area contributed by atoms with Gasteiger partial charge in [-0.25, -0.2) is 4.79 Å². The third-order valence-corrected chi connectivity index (χ3v) is 3.43. The predicted octanol–water partition coefficient (Wildman–Crippen LogP) is 3.59. The summed E-state index contributed by atoms with van der Waals surface area (Å²) >= 11 is 0. The van der Waals surface area contributed by atoms with E-state index in [4.69, 9.17) is 9.15 Å². The molecule has 116 valence electrons. The van der Waals surface area contributed by atoms with Crippen molar-refractivity contribution < 1.29 is 18.7 Å². The molecule has 0 aliphatic carbocycles. The second-order valence-corrected chi connectivity index (χ2v) is 5.03. The molecule has 2 aromatic rings. The number of amides is 1. The Morgan fingerprint density at radius 3 is 2.55 bits per heavy atom. The van der Waals surface area contributed by atoms with Crippen molar-refractivity contribution in [3.8, 4) is 0 Å². The van der Waals surface area contributed by atoms with Crippen LogP contribution in [0.2, 0.25) is 0 Å². The molecular formula is C17H19NO4. The van der Waals surface area contributed by atoms with Crippen LogP contribution in [0.15, 0.2) is 47.1 Å². The molecule has 1 heterocycles. The lowest BCUT2D eigenvalue weighted by Crippen LogP contribution is -2.20. The highest BCUT2D eigenvalue weighted by Crippen LogP contribution is 2.20. The quantitative estimate of drug-likeness (QED) is 0.828. The molecule has 1 aromatic carbocycles. The average Bonchev–Trinajstić information content (AvgIpc) is 3.07. The first-order valence-electron chi connectivity index (χ1n) is 7.20. The maximum atomic E-state index is 11.7. The normalized spacial score (nSPS) is 11.7. The molecule has 1 atom stereocenters. The van der Waals surface area contributed by atoms with Gasteiger partial charge >= 0.3 is 5.97 Å². The van der Waals surface area contributed by atoms with Crippen LogP contribution in [0, 0.1) is 0 Å². The van der Waals surface area contributed by atoms with E-state index < -0.39 is 11.9 Å². The molecule has 2 rings (SSSR count). The number of hydrogen-bond acceptors (Lipinski definition) is 4. The second kappa shape index (κ2) is 7.45. The number of ether oxygens (including phenoxy) is 1. The number of rotatable bonds is 6. The van der Waals surface area contributed by atoms with Crippen LogP contribution in [0.4, 0.5) is 5.69 Å². The highest BCUT2D eigenvalue weighted by molar-refractivity contribution is 5.94. The van der Waals surface area contributed by atoms with Crippen LogP contribution in [0.5, 0.6) is 0 Å². The molecule has 1 N–H and O–H groups in total. The molecular weight excluding hydrogens is 282 g/mol. The van der Waals surface area contributed by atoms with Gasteiger partial charge in [0.05, 0.1) is 6.26 Å². The SMILES string of the molecule is CCC(C)c1ccc(NC(=O)COC(=O)c2ccco2)cc1. The van der Waals surface area contributed by atoms with E-state index in [9.17, 15) is 9.59 Å². The van der Waals surface area contributed by atoms with Gasteiger partial charge in [0.25, 0.3) is 5.91 Å². The van der Waals surface area contributed by atoms with E-state index in [1.807, 2.05) is 24.3 Å². The molecule has 0 aliphatic heterocycles. The summed E-state index contributed by atoms with van der Waals surface area (Å²) in [4.78, 5) is 23.3. The van der Waals surface area contributed by atoms with Crippen molar-refractivity contribution in [2.45, 2.75) is 26.2 Å². The molecule has 1 amide bonds. The van der Waals surface area contributed by atoms with E-state index in [1.165, 1.54) is 17.9 Å². The van der Waals surface area contributed by atoms with Gasteiger partial charge in [-0.15, -0.1) is 0 Å². The Morgan fingerprint density at radius 2 is 1.95 bits per heavy atom. The number of hydrogen-bond donors (Lipinski definition) is 1. The van der Waals surface area contributed by atoms with Gasteiger partial charge < -0.3 is 14.5 Å². The Bertz CT molecular complexity index is 617. The zero-order valence-electron chi connectivity index (χ0n) is 12.7. The Morgan fingerprint density at radius 1 is 1.23 bits per heavy atom. The fraction of sp³-hybridized carbons (Fsp3) is 0.294. The number of benzene rings is 1. The van der Waals surface area contributed by atoms with Crippen LogP contribution < -0.4 is 5.32 Å². The van der Waals surface area contributed by atoms with Crippen molar-refractivity contribution in [2.75, 3.05) is 11.9 Å². The molecule has 0 saturated carbocycles. The number of esters is 1. The minimum atomic E-state index is -0.660. The monoisotopic (exact) mass is 301 g/mol. The van der Waals surface area contributed by atoms with Gasteiger partial charge in [0, 0.05) is 5.69 Å². The lowest BCUT2D eigenvalue weighted by Gasteiger charge is -2.10. The zero-order chi connectivity index (χ0) is 15.9. The third kappa shape index (κ3) is 4.22. The topological polar surface area (TPSA) is 68.5 Å². The fourth-order valence-electron chi connectivity index (χ4n) is 1.92. The summed E-state index contributed by atoms with van der Waals surface area (Å²) in [5, 5.41) is 2.68. The summed E-state index contributed by atoms with van der Waals surface area (Å²) in [6.45, 7) is 3.93. The van der Waals surface area contributed by atoms with Crippen LogP contribution in [-0.2, 0) is 9.53 Å². The highest BCUT2D eigenvalue weighted by atomic mass is 16.5. The maximum absolute atomic E-state index is 11.7. The van der Waals surface area contributed by atoms with E-state index in [0.717, 1.165) is 6.42 Å². The molecule has 5 heteroatoms. The third-order valence-electron chi connectivity index (χ3n) is 3.43. The van der Waals surface area contributed by atoms with Gasteiger partial charge in [-0.05, 0) is 42.2 Å². The van der Waals surface area contributed by atoms with Crippen molar-refractivity contribution in [1.29, 1.82) is 0 Å². The van der Waals surface area contributed by atoms with Gasteiger partial charge in [0.2, 0.25) is 5.76 Å². The molecule has 0 spiro atoms. The molecule has 0 aliphatic rings. The largest absolute Gasteiger partial charge is 0.457 e. The minimum absolute atomic E-state index is 0.0747. The molecule has 5 nitrogen and oxygen atoms in total. The van der Waals surface area contributed by atoms with E-state index in [0.29, 0.717) is 11.6 Å². The Hall–Kier alpha value is -2.56. The summed E-state index contributed by atoms with van der Waals surface area (Å²) in [6, 6.07) is 10.7. The van der Waals surface area contributed by atoms with Crippen molar-refractivity contribution in [3.05, 3.63) is 54.0 Å². The van der Waals surface area contributed by atoms with E-state index in [1.54, 1.807) is 6.07 Å². The van der Waals surface area contributed by atoms with Crippen LogP contribution in [0.1, 0.15) is 42.3 Å². The van der Waals surface area contributed by atoms with Crippen molar-refractivity contribution in [2.24, 2.45) is 0 Å². The van der Waals surface area contributed by atoms with Crippen LogP contribution in [-0.4, -0.2) is 18.5 Å². The number of anilines is 1. The summed E-state index contributed by atoms with van der Waals surface area (Å²) in [5.41, 5.74) is 1.90. The molecule has 0 radical (unpaired) electrons. The minimum Gasteiger partial charge on any atom is -0.457 e.